The summed E-state index contributed by atoms with van der Waals surface area (Å²) in [5.41, 5.74) is 0.472. The Hall–Kier alpha value is -1.36. The Morgan fingerprint density at radius 3 is 2.62 bits per heavy atom. The Balaban J connectivity index is 1.66. The standard InChI is InChI=1S/C16H21ClN4O5/c1-15(2)23-7-8(24-15)12-13(26-16(3,4)25-12)11(22)14-19-18-10-6-5-9(17)20-21(10)14/h5-6,8,11-13,22H,7H2,1-4H3/t8-,11-,12-,13-/m1/s1. The molecule has 0 spiro atoms. The summed E-state index contributed by atoms with van der Waals surface area (Å²) < 4.78 is 24.9. The zero-order valence-corrected chi connectivity index (χ0v) is 15.7. The molecule has 1 N–H and O–H groups in total. The van der Waals surface area contributed by atoms with Gasteiger partial charge in [-0.3, -0.25) is 0 Å². The first-order chi connectivity index (χ1) is 12.2. The largest absolute Gasteiger partial charge is 0.382 e. The highest BCUT2D eigenvalue weighted by atomic mass is 35.5. The van der Waals surface area contributed by atoms with E-state index in [1.165, 1.54) is 4.52 Å². The minimum atomic E-state index is -1.14. The fourth-order valence-corrected chi connectivity index (χ4v) is 3.48. The Morgan fingerprint density at radius 2 is 1.92 bits per heavy atom. The topological polar surface area (TPSA) is 100 Å². The van der Waals surface area contributed by atoms with Crippen LogP contribution in [0.2, 0.25) is 5.15 Å². The van der Waals surface area contributed by atoms with E-state index in [1.807, 2.05) is 13.8 Å². The molecule has 26 heavy (non-hydrogen) atoms. The predicted molar refractivity (Wildman–Crippen MR) is 89.5 cm³/mol. The number of aromatic nitrogens is 4. The fraction of sp³-hybridized carbons (Fsp3) is 0.688. The van der Waals surface area contributed by atoms with Gasteiger partial charge in [-0.1, -0.05) is 11.6 Å². The lowest BCUT2D eigenvalue weighted by Gasteiger charge is -2.25. The molecule has 142 valence electrons. The Morgan fingerprint density at radius 1 is 1.15 bits per heavy atom. The molecule has 2 saturated heterocycles. The van der Waals surface area contributed by atoms with Gasteiger partial charge in [-0.05, 0) is 39.8 Å². The van der Waals surface area contributed by atoms with E-state index in [1.54, 1.807) is 26.0 Å². The number of fused-ring (bicyclic) bond motifs is 1. The Kier molecular flexibility index (Phi) is 4.22. The molecule has 2 aliphatic rings. The Bertz CT molecular complexity index is 826. The molecule has 4 atom stereocenters. The maximum atomic E-state index is 11.0. The maximum Gasteiger partial charge on any atom is 0.186 e. The van der Waals surface area contributed by atoms with E-state index in [2.05, 4.69) is 15.3 Å². The second-order valence-corrected chi connectivity index (χ2v) is 7.75. The van der Waals surface area contributed by atoms with Gasteiger partial charge in [0.1, 0.15) is 29.6 Å². The highest BCUT2D eigenvalue weighted by Gasteiger charge is 2.53. The molecule has 0 amide bonds. The van der Waals surface area contributed by atoms with Crippen LogP contribution in [0.5, 0.6) is 0 Å². The third-order valence-corrected chi connectivity index (χ3v) is 4.59. The van der Waals surface area contributed by atoms with E-state index < -0.39 is 29.9 Å². The van der Waals surface area contributed by atoms with E-state index in [0.29, 0.717) is 12.3 Å². The van der Waals surface area contributed by atoms with Crippen molar-refractivity contribution in [1.29, 1.82) is 0 Å². The van der Waals surface area contributed by atoms with Gasteiger partial charge in [-0.15, -0.1) is 10.2 Å². The van der Waals surface area contributed by atoms with Crippen LogP contribution in [0, 0.1) is 0 Å². The van der Waals surface area contributed by atoms with Crippen molar-refractivity contribution < 1.29 is 24.1 Å². The lowest BCUT2D eigenvalue weighted by Crippen LogP contribution is -2.41. The summed E-state index contributed by atoms with van der Waals surface area (Å²) in [6.07, 6.45) is -2.81. The molecule has 2 aromatic rings. The van der Waals surface area contributed by atoms with Gasteiger partial charge in [0.15, 0.2) is 23.0 Å². The van der Waals surface area contributed by atoms with Crippen LogP contribution in [0.25, 0.3) is 5.65 Å². The lowest BCUT2D eigenvalue weighted by atomic mass is 10.0. The summed E-state index contributed by atoms with van der Waals surface area (Å²) in [7, 11) is 0. The molecular formula is C16H21ClN4O5. The van der Waals surface area contributed by atoms with Gasteiger partial charge in [0, 0.05) is 0 Å². The van der Waals surface area contributed by atoms with Gasteiger partial charge in [0.25, 0.3) is 0 Å². The summed E-state index contributed by atoms with van der Waals surface area (Å²) in [5, 5.41) is 23.5. The van der Waals surface area contributed by atoms with Crippen molar-refractivity contribution >= 4 is 17.2 Å². The van der Waals surface area contributed by atoms with Gasteiger partial charge in [0.05, 0.1) is 6.61 Å². The van der Waals surface area contributed by atoms with Crippen molar-refractivity contribution in [3.63, 3.8) is 0 Å². The average Bonchev–Trinajstić information content (AvgIpc) is 3.21. The quantitative estimate of drug-likeness (QED) is 0.849. The monoisotopic (exact) mass is 384 g/mol. The van der Waals surface area contributed by atoms with Gasteiger partial charge in [-0.25, -0.2) is 0 Å². The van der Waals surface area contributed by atoms with Crippen molar-refractivity contribution in [2.75, 3.05) is 6.61 Å². The van der Waals surface area contributed by atoms with Crippen LogP contribution in [0.1, 0.15) is 39.6 Å². The lowest BCUT2D eigenvalue weighted by molar-refractivity contribution is -0.175. The zero-order valence-electron chi connectivity index (χ0n) is 14.9. The second kappa shape index (κ2) is 6.08. The first-order valence-electron chi connectivity index (χ1n) is 8.39. The predicted octanol–water partition coefficient (Wildman–Crippen LogP) is 1.48. The molecule has 0 aromatic carbocycles. The van der Waals surface area contributed by atoms with E-state index >= 15 is 0 Å². The van der Waals surface area contributed by atoms with E-state index in [0.717, 1.165) is 0 Å². The number of aliphatic hydroxyl groups is 1. The number of ether oxygens (including phenoxy) is 4. The van der Waals surface area contributed by atoms with Gasteiger partial charge in [0.2, 0.25) is 0 Å². The van der Waals surface area contributed by atoms with Crippen molar-refractivity contribution in [2.45, 2.75) is 63.7 Å². The van der Waals surface area contributed by atoms with Crippen LogP contribution in [0.3, 0.4) is 0 Å². The first-order valence-corrected chi connectivity index (χ1v) is 8.76. The number of hydrogen-bond acceptors (Lipinski definition) is 8. The molecule has 9 nitrogen and oxygen atoms in total. The summed E-state index contributed by atoms with van der Waals surface area (Å²) >= 11 is 5.96. The summed E-state index contributed by atoms with van der Waals surface area (Å²) in [4.78, 5) is 0. The van der Waals surface area contributed by atoms with Crippen LogP contribution in [-0.4, -0.2) is 61.4 Å². The number of halogens is 1. The molecule has 10 heteroatoms. The Labute approximate surface area is 155 Å². The van der Waals surface area contributed by atoms with Gasteiger partial charge >= 0.3 is 0 Å². The molecule has 4 rings (SSSR count). The zero-order chi connectivity index (χ0) is 18.7. The summed E-state index contributed by atoms with van der Waals surface area (Å²) in [6, 6.07) is 3.27. The third kappa shape index (κ3) is 3.19. The molecule has 2 aromatic heterocycles. The number of nitrogens with zero attached hydrogens (tertiary/aromatic N) is 4. The van der Waals surface area contributed by atoms with Crippen molar-refractivity contribution in [3.05, 3.63) is 23.1 Å². The number of aliphatic hydroxyl groups excluding tert-OH is 1. The molecule has 4 heterocycles. The van der Waals surface area contributed by atoms with E-state index in [4.69, 9.17) is 30.5 Å². The second-order valence-electron chi connectivity index (χ2n) is 7.36. The molecule has 2 fully saturated rings. The SMILES string of the molecule is CC1(C)O[C@H]([C@H]2COC(C)(C)O2)[C@@H]([C@@H](O)c2nnc3ccc(Cl)nn23)O1. The fourth-order valence-electron chi connectivity index (χ4n) is 3.34. The summed E-state index contributed by atoms with van der Waals surface area (Å²) in [5.74, 6) is -1.39. The maximum absolute atomic E-state index is 11.0. The van der Waals surface area contributed by atoms with Crippen LogP contribution in [0.4, 0.5) is 0 Å². The van der Waals surface area contributed by atoms with Crippen molar-refractivity contribution in [2.24, 2.45) is 0 Å². The minimum Gasteiger partial charge on any atom is -0.382 e. The summed E-state index contributed by atoms with van der Waals surface area (Å²) in [6.45, 7) is 7.56. The molecule has 0 saturated carbocycles. The van der Waals surface area contributed by atoms with Crippen molar-refractivity contribution in [3.8, 4) is 0 Å². The van der Waals surface area contributed by atoms with Crippen LogP contribution >= 0.6 is 11.6 Å². The van der Waals surface area contributed by atoms with E-state index in [9.17, 15) is 5.11 Å². The van der Waals surface area contributed by atoms with Gasteiger partial charge < -0.3 is 24.1 Å². The molecule has 0 unspecified atom stereocenters. The van der Waals surface area contributed by atoms with E-state index in [-0.39, 0.29) is 17.1 Å². The molecule has 0 radical (unpaired) electrons. The van der Waals surface area contributed by atoms with Gasteiger partial charge in [-0.2, -0.15) is 9.61 Å². The normalized spacial score (nSPS) is 31.5. The van der Waals surface area contributed by atoms with Crippen LogP contribution in [0.15, 0.2) is 12.1 Å². The molecule has 0 aliphatic carbocycles. The highest BCUT2D eigenvalue weighted by molar-refractivity contribution is 6.29. The van der Waals surface area contributed by atoms with Crippen LogP contribution in [-0.2, 0) is 18.9 Å². The number of hydrogen-bond donors (Lipinski definition) is 1. The minimum absolute atomic E-state index is 0.219. The molecule has 2 aliphatic heterocycles. The van der Waals surface area contributed by atoms with Crippen molar-refractivity contribution in [1.82, 2.24) is 19.8 Å². The average molecular weight is 385 g/mol. The molecule has 0 bridgehead atoms. The smallest absolute Gasteiger partial charge is 0.186 e. The van der Waals surface area contributed by atoms with Crippen LogP contribution < -0.4 is 0 Å². The highest BCUT2D eigenvalue weighted by Crippen LogP contribution is 2.39. The first kappa shape index (κ1) is 18.0. The number of rotatable bonds is 3. The third-order valence-electron chi connectivity index (χ3n) is 4.39. The molecular weight excluding hydrogens is 364 g/mol.